The zero-order valence-electron chi connectivity index (χ0n) is 10.8. The second-order valence-electron chi connectivity index (χ2n) is 4.79. The van der Waals surface area contributed by atoms with Gasteiger partial charge in [0.2, 0.25) is 0 Å². The molecule has 2 rings (SSSR count). The van der Waals surface area contributed by atoms with Crippen LogP contribution < -0.4 is 0 Å². The Kier molecular flexibility index (Phi) is 5.32. The third kappa shape index (κ3) is 3.47. The first-order valence-electron chi connectivity index (χ1n) is 6.17. The van der Waals surface area contributed by atoms with Crippen LogP contribution in [0.4, 0.5) is 0 Å². The van der Waals surface area contributed by atoms with Crippen molar-refractivity contribution in [1.29, 1.82) is 0 Å². The van der Waals surface area contributed by atoms with E-state index in [-0.39, 0.29) is 13.2 Å². The van der Waals surface area contributed by atoms with Crippen LogP contribution in [0, 0.1) is 0 Å². The Morgan fingerprint density at radius 2 is 1.60 bits per heavy atom. The number of aromatic nitrogens is 1. The molecule has 0 aliphatic heterocycles. The molecule has 1 aromatic heterocycles. The van der Waals surface area contributed by atoms with Crippen molar-refractivity contribution in [2.24, 2.45) is 0 Å². The van der Waals surface area contributed by atoms with E-state index < -0.39 is 5.41 Å². The smallest absolute Gasteiger partial charge is 0.0553 e. The van der Waals surface area contributed by atoms with Crippen molar-refractivity contribution in [3.8, 4) is 0 Å². The molecule has 106 valence electrons. The minimum absolute atomic E-state index is 0.127. The van der Waals surface area contributed by atoms with Gasteiger partial charge in [-0.15, -0.1) is 0 Å². The summed E-state index contributed by atoms with van der Waals surface area (Å²) < 4.78 is 1.85. The summed E-state index contributed by atoms with van der Waals surface area (Å²) in [4.78, 5) is 4.13. The van der Waals surface area contributed by atoms with Gasteiger partial charge in [-0.25, -0.2) is 0 Å². The Hall–Kier alpha value is -0.750. The number of nitrogens with zero attached hydrogens (tertiary/aromatic N) is 1. The van der Waals surface area contributed by atoms with Crippen LogP contribution >= 0.6 is 31.9 Å². The van der Waals surface area contributed by atoms with Crippen LogP contribution in [0.5, 0.6) is 0 Å². The molecule has 0 fully saturated rings. The third-order valence-corrected chi connectivity index (χ3v) is 4.33. The lowest BCUT2D eigenvalue weighted by Gasteiger charge is -2.30. The van der Waals surface area contributed by atoms with Crippen molar-refractivity contribution in [3.63, 3.8) is 0 Å². The van der Waals surface area contributed by atoms with Gasteiger partial charge in [-0.05, 0) is 51.7 Å². The van der Waals surface area contributed by atoms with E-state index >= 15 is 0 Å². The molecule has 5 heteroatoms. The molecule has 0 amide bonds. The largest absolute Gasteiger partial charge is 0.395 e. The molecular weight excluding hydrogens is 386 g/mol. The predicted molar refractivity (Wildman–Crippen MR) is 85.6 cm³/mol. The van der Waals surface area contributed by atoms with Crippen LogP contribution in [0.3, 0.4) is 0 Å². The second-order valence-corrected chi connectivity index (χ2v) is 6.62. The van der Waals surface area contributed by atoms with E-state index in [0.717, 1.165) is 20.1 Å². The SMILES string of the molecule is OCC(CO)(Cc1cncc(Br)c1)c1ccc(Br)cc1. The van der Waals surface area contributed by atoms with Crippen LogP contribution in [-0.4, -0.2) is 28.4 Å². The average molecular weight is 401 g/mol. The van der Waals surface area contributed by atoms with Crippen molar-refractivity contribution in [2.45, 2.75) is 11.8 Å². The maximum atomic E-state index is 9.83. The van der Waals surface area contributed by atoms with Crippen molar-refractivity contribution in [2.75, 3.05) is 13.2 Å². The Balaban J connectivity index is 2.36. The van der Waals surface area contributed by atoms with Gasteiger partial charge >= 0.3 is 0 Å². The van der Waals surface area contributed by atoms with Crippen molar-refractivity contribution < 1.29 is 10.2 Å². The molecule has 0 unspecified atom stereocenters. The maximum Gasteiger partial charge on any atom is 0.0553 e. The predicted octanol–water partition coefficient (Wildman–Crippen LogP) is 3.07. The normalized spacial score (nSPS) is 11.6. The van der Waals surface area contributed by atoms with Crippen LogP contribution in [0.25, 0.3) is 0 Å². The van der Waals surface area contributed by atoms with E-state index in [2.05, 4.69) is 36.8 Å². The minimum Gasteiger partial charge on any atom is -0.395 e. The van der Waals surface area contributed by atoms with E-state index in [0.29, 0.717) is 6.42 Å². The fraction of sp³-hybridized carbons (Fsp3) is 0.267. The maximum absolute atomic E-state index is 9.83. The molecule has 20 heavy (non-hydrogen) atoms. The fourth-order valence-corrected chi connectivity index (χ4v) is 2.87. The van der Waals surface area contributed by atoms with Gasteiger partial charge < -0.3 is 10.2 Å². The highest BCUT2D eigenvalue weighted by molar-refractivity contribution is 9.10. The van der Waals surface area contributed by atoms with Crippen molar-refractivity contribution >= 4 is 31.9 Å². The zero-order chi connectivity index (χ0) is 14.6. The second kappa shape index (κ2) is 6.80. The molecule has 0 atom stereocenters. The first-order valence-corrected chi connectivity index (χ1v) is 7.75. The molecule has 2 N–H and O–H groups in total. The summed E-state index contributed by atoms with van der Waals surface area (Å²) in [5.41, 5.74) is 1.17. The van der Waals surface area contributed by atoms with Crippen LogP contribution in [0.1, 0.15) is 11.1 Å². The molecule has 0 aliphatic carbocycles. The number of rotatable bonds is 5. The minimum atomic E-state index is -0.705. The Morgan fingerprint density at radius 3 is 2.15 bits per heavy atom. The first-order chi connectivity index (χ1) is 9.59. The Labute approximate surface area is 134 Å². The molecule has 0 bridgehead atoms. The number of hydrogen-bond donors (Lipinski definition) is 2. The molecular formula is C15H15Br2NO2. The van der Waals surface area contributed by atoms with E-state index in [1.807, 2.05) is 30.3 Å². The summed E-state index contributed by atoms with van der Waals surface area (Å²) in [7, 11) is 0. The highest BCUT2D eigenvalue weighted by Crippen LogP contribution is 2.29. The van der Waals surface area contributed by atoms with Gasteiger partial charge in [-0.1, -0.05) is 28.1 Å². The monoisotopic (exact) mass is 399 g/mol. The van der Waals surface area contributed by atoms with E-state index in [1.165, 1.54) is 0 Å². The Bertz CT molecular complexity index is 568. The summed E-state index contributed by atoms with van der Waals surface area (Å²) >= 11 is 6.78. The van der Waals surface area contributed by atoms with Gasteiger partial charge in [-0.3, -0.25) is 4.98 Å². The molecule has 1 heterocycles. The van der Waals surface area contributed by atoms with Gasteiger partial charge in [0.05, 0.1) is 13.2 Å². The summed E-state index contributed by atoms with van der Waals surface area (Å²) in [6.45, 7) is -0.255. The van der Waals surface area contributed by atoms with Crippen molar-refractivity contribution in [1.82, 2.24) is 4.98 Å². The number of halogens is 2. The highest BCUT2D eigenvalue weighted by Gasteiger charge is 2.31. The molecule has 1 aromatic carbocycles. The lowest BCUT2D eigenvalue weighted by molar-refractivity contribution is 0.116. The summed E-state index contributed by atoms with van der Waals surface area (Å²) in [5, 5.41) is 19.7. The van der Waals surface area contributed by atoms with E-state index in [9.17, 15) is 10.2 Å². The quantitative estimate of drug-likeness (QED) is 0.810. The summed E-state index contributed by atoms with van der Waals surface area (Å²) in [6.07, 6.45) is 3.99. The zero-order valence-corrected chi connectivity index (χ0v) is 13.9. The molecule has 0 aliphatic rings. The van der Waals surface area contributed by atoms with Gasteiger partial charge in [0, 0.05) is 26.8 Å². The number of aliphatic hydroxyl groups excluding tert-OH is 2. The van der Waals surface area contributed by atoms with E-state index in [1.54, 1.807) is 12.4 Å². The molecule has 0 spiro atoms. The number of aliphatic hydroxyl groups is 2. The van der Waals surface area contributed by atoms with Crippen molar-refractivity contribution in [3.05, 3.63) is 62.8 Å². The number of pyridine rings is 1. The summed E-state index contributed by atoms with van der Waals surface area (Å²) in [6, 6.07) is 9.61. The van der Waals surface area contributed by atoms with E-state index in [4.69, 9.17) is 0 Å². The number of benzene rings is 1. The number of hydrogen-bond acceptors (Lipinski definition) is 3. The molecule has 3 nitrogen and oxygen atoms in total. The molecule has 2 aromatic rings. The van der Waals surface area contributed by atoms with Crippen LogP contribution in [0.2, 0.25) is 0 Å². The van der Waals surface area contributed by atoms with Gasteiger partial charge in [0.1, 0.15) is 0 Å². The van der Waals surface area contributed by atoms with Gasteiger partial charge in [-0.2, -0.15) is 0 Å². The Morgan fingerprint density at radius 1 is 0.950 bits per heavy atom. The molecule has 0 radical (unpaired) electrons. The highest BCUT2D eigenvalue weighted by atomic mass is 79.9. The summed E-state index contributed by atoms with van der Waals surface area (Å²) in [5.74, 6) is 0. The fourth-order valence-electron chi connectivity index (χ4n) is 2.19. The lowest BCUT2D eigenvalue weighted by atomic mass is 9.77. The molecule has 0 saturated carbocycles. The standard InChI is InChI=1S/C15H15Br2NO2/c16-13-3-1-12(2-4-13)15(9-19,10-20)6-11-5-14(17)8-18-7-11/h1-5,7-8,19-20H,6,9-10H2. The lowest BCUT2D eigenvalue weighted by Crippen LogP contribution is -2.37. The average Bonchev–Trinajstić information content (AvgIpc) is 2.46. The first kappa shape index (κ1) is 15.6. The van der Waals surface area contributed by atoms with Crippen LogP contribution in [0.15, 0.2) is 51.7 Å². The van der Waals surface area contributed by atoms with Gasteiger partial charge in [0.25, 0.3) is 0 Å². The molecule has 0 saturated heterocycles. The van der Waals surface area contributed by atoms with Crippen LogP contribution in [-0.2, 0) is 11.8 Å². The topological polar surface area (TPSA) is 53.4 Å². The third-order valence-electron chi connectivity index (χ3n) is 3.37. The van der Waals surface area contributed by atoms with Gasteiger partial charge in [0.15, 0.2) is 0 Å².